The normalized spacial score (nSPS) is 14.8. The molecule has 2 aromatic heterocycles. The average Bonchev–Trinajstić information content (AvgIpc) is 3.72. The summed E-state index contributed by atoms with van der Waals surface area (Å²) < 4.78 is 2.55. The van der Waals surface area contributed by atoms with Crippen LogP contribution in [0.3, 0.4) is 0 Å². The monoisotopic (exact) mass is 668 g/mol. The fourth-order valence-corrected chi connectivity index (χ4v) is 9.18. The van der Waals surface area contributed by atoms with Gasteiger partial charge in [0.05, 0.1) is 11.4 Å². The molecule has 0 bridgehead atoms. The largest absolute Gasteiger partial charge is 0.228 e. The van der Waals surface area contributed by atoms with E-state index in [4.69, 9.17) is 9.97 Å². The summed E-state index contributed by atoms with van der Waals surface area (Å²) in [7, 11) is 0. The maximum absolute atomic E-state index is 5.21. The molecule has 0 fully saturated rings. The van der Waals surface area contributed by atoms with Crippen LogP contribution in [0, 0.1) is 0 Å². The van der Waals surface area contributed by atoms with Crippen LogP contribution in [0.1, 0.15) is 23.6 Å². The van der Waals surface area contributed by atoms with Crippen LogP contribution in [-0.4, -0.2) is 9.97 Å². The van der Waals surface area contributed by atoms with Crippen LogP contribution in [0.2, 0.25) is 0 Å². The van der Waals surface area contributed by atoms with Gasteiger partial charge in [-0.25, -0.2) is 9.97 Å². The lowest BCUT2D eigenvalue weighted by molar-refractivity contribution is 0.714. The van der Waals surface area contributed by atoms with Gasteiger partial charge in [-0.1, -0.05) is 146 Å². The van der Waals surface area contributed by atoms with Crippen LogP contribution in [0.4, 0.5) is 0 Å². The highest BCUT2D eigenvalue weighted by molar-refractivity contribution is 7.25. The molecule has 240 valence electrons. The molecule has 7 aromatic carbocycles. The van der Waals surface area contributed by atoms with Gasteiger partial charge in [0.1, 0.15) is 0 Å². The van der Waals surface area contributed by atoms with Crippen molar-refractivity contribution in [3.05, 3.63) is 193 Å². The molecular weight excluding hydrogens is 637 g/mol. The maximum atomic E-state index is 5.21. The van der Waals surface area contributed by atoms with Crippen LogP contribution >= 0.6 is 11.3 Å². The van der Waals surface area contributed by atoms with Gasteiger partial charge in [0.25, 0.3) is 0 Å². The molecule has 0 N–H and O–H groups in total. The Morgan fingerprint density at radius 2 is 1.06 bits per heavy atom. The molecule has 1 atom stereocenters. The zero-order valence-electron chi connectivity index (χ0n) is 28.0. The molecule has 1 aliphatic carbocycles. The van der Waals surface area contributed by atoms with Gasteiger partial charge >= 0.3 is 0 Å². The van der Waals surface area contributed by atoms with Crippen molar-refractivity contribution in [1.82, 2.24) is 9.97 Å². The Labute approximate surface area is 301 Å². The van der Waals surface area contributed by atoms with E-state index in [1.807, 2.05) is 29.5 Å². The van der Waals surface area contributed by atoms with Gasteiger partial charge < -0.3 is 0 Å². The fourth-order valence-electron chi connectivity index (χ4n) is 8.05. The number of fused-ring (bicyclic) bond motifs is 6. The van der Waals surface area contributed by atoms with E-state index in [0.29, 0.717) is 0 Å². The third-order valence-corrected chi connectivity index (χ3v) is 11.7. The molecule has 3 heteroatoms. The van der Waals surface area contributed by atoms with Gasteiger partial charge in [0.2, 0.25) is 0 Å². The molecule has 1 unspecified atom stereocenters. The van der Waals surface area contributed by atoms with E-state index in [1.54, 1.807) is 0 Å². The Hall–Kier alpha value is -6.16. The third kappa shape index (κ3) is 4.77. The van der Waals surface area contributed by atoms with Crippen molar-refractivity contribution >= 4 is 31.5 Å². The number of hydrogen-bond acceptors (Lipinski definition) is 3. The second-order valence-electron chi connectivity index (χ2n) is 13.5. The Morgan fingerprint density at radius 1 is 0.431 bits per heavy atom. The minimum atomic E-state index is -0.250. The molecule has 2 heterocycles. The molecule has 0 radical (unpaired) electrons. The highest BCUT2D eigenvalue weighted by Crippen LogP contribution is 2.53. The average molecular weight is 669 g/mol. The van der Waals surface area contributed by atoms with Gasteiger partial charge in [0, 0.05) is 42.3 Å². The molecule has 0 saturated heterocycles. The zero-order chi connectivity index (χ0) is 33.9. The summed E-state index contributed by atoms with van der Waals surface area (Å²) in [6.07, 6.45) is 0. The first-order valence-corrected chi connectivity index (χ1v) is 18.2. The summed E-state index contributed by atoms with van der Waals surface area (Å²) in [6.45, 7) is 2.37. The summed E-state index contributed by atoms with van der Waals surface area (Å²) >= 11 is 1.83. The first-order valence-electron chi connectivity index (χ1n) is 17.4. The molecular formula is C48H32N2S. The molecule has 0 saturated carbocycles. The fraction of sp³-hybridized carbons (Fsp3) is 0.0417. The van der Waals surface area contributed by atoms with E-state index in [1.165, 1.54) is 53.6 Å². The van der Waals surface area contributed by atoms with Gasteiger partial charge in [0.15, 0.2) is 5.82 Å². The minimum Gasteiger partial charge on any atom is -0.228 e. The van der Waals surface area contributed by atoms with E-state index in [9.17, 15) is 0 Å². The van der Waals surface area contributed by atoms with Crippen molar-refractivity contribution in [3.63, 3.8) is 0 Å². The predicted molar refractivity (Wildman–Crippen MR) is 214 cm³/mol. The van der Waals surface area contributed by atoms with Crippen molar-refractivity contribution in [1.29, 1.82) is 0 Å². The molecule has 51 heavy (non-hydrogen) atoms. The smallest absolute Gasteiger partial charge is 0.160 e. The van der Waals surface area contributed by atoms with E-state index in [0.717, 1.165) is 39.5 Å². The lowest BCUT2D eigenvalue weighted by atomic mass is 9.74. The first kappa shape index (κ1) is 29.7. The van der Waals surface area contributed by atoms with Crippen LogP contribution < -0.4 is 0 Å². The Balaban J connectivity index is 1.13. The van der Waals surface area contributed by atoms with Gasteiger partial charge in [-0.2, -0.15) is 0 Å². The summed E-state index contributed by atoms with van der Waals surface area (Å²) in [4.78, 5) is 10.4. The van der Waals surface area contributed by atoms with Gasteiger partial charge in [-0.15, -0.1) is 11.3 Å². The van der Waals surface area contributed by atoms with E-state index < -0.39 is 0 Å². The highest BCUT2D eigenvalue weighted by Gasteiger charge is 2.40. The zero-order valence-corrected chi connectivity index (χ0v) is 28.9. The second kappa shape index (κ2) is 11.7. The number of thiophene rings is 1. The summed E-state index contributed by atoms with van der Waals surface area (Å²) in [5.74, 6) is 0.721. The summed E-state index contributed by atoms with van der Waals surface area (Å²) in [5, 5.41) is 2.51. The van der Waals surface area contributed by atoms with Crippen LogP contribution in [0.5, 0.6) is 0 Å². The Bertz CT molecular complexity index is 2760. The Kier molecular flexibility index (Phi) is 6.83. The van der Waals surface area contributed by atoms with Crippen LogP contribution in [0.25, 0.3) is 76.3 Å². The van der Waals surface area contributed by atoms with E-state index in [2.05, 4.69) is 165 Å². The molecule has 2 nitrogen and oxygen atoms in total. The Morgan fingerprint density at radius 3 is 1.94 bits per heavy atom. The first-order chi connectivity index (χ1) is 25.1. The van der Waals surface area contributed by atoms with Crippen LogP contribution in [0.15, 0.2) is 176 Å². The molecule has 0 amide bonds. The van der Waals surface area contributed by atoms with Crippen LogP contribution in [-0.2, 0) is 5.41 Å². The molecule has 10 rings (SSSR count). The van der Waals surface area contributed by atoms with Crippen molar-refractivity contribution < 1.29 is 0 Å². The molecule has 0 aliphatic heterocycles. The van der Waals surface area contributed by atoms with E-state index in [-0.39, 0.29) is 5.41 Å². The van der Waals surface area contributed by atoms with Crippen molar-refractivity contribution in [2.45, 2.75) is 12.3 Å². The molecule has 1 aliphatic rings. The van der Waals surface area contributed by atoms with Gasteiger partial charge in [-0.05, 0) is 76.2 Å². The number of rotatable bonds is 5. The highest BCUT2D eigenvalue weighted by atomic mass is 32.1. The lowest BCUT2D eigenvalue weighted by Gasteiger charge is -2.28. The lowest BCUT2D eigenvalue weighted by Crippen LogP contribution is -2.22. The second-order valence-corrected chi connectivity index (χ2v) is 14.6. The van der Waals surface area contributed by atoms with E-state index >= 15 is 0 Å². The van der Waals surface area contributed by atoms with Gasteiger partial charge in [-0.3, -0.25) is 0 Å². The molecule has 9 aromatic rings. The SMILES string of the molecule is CC1(c2ccccc2)c2ccccc2-c2ccc(-c3cccc(-c4cc(-c5cccc6sc7ccccc7c56)nc(-c5ccccc5)n4)c3)cc21. The number of hydrogen-bond donors (Lipinski definition) is 0. The van der Waals surface area contributed by atoms with Crippen molar-refractivity contribution in [2.75, 3.05) is 0 Å². The standard InChI is InChI=1S/C48H32N2S/c1-48(35-18-6-3-7-19-35)40-23-10-8-20-36(40)37-27-26-33(29-41(37)48)32-16-12-17-34(28-32)42-30-43(50-47(49-42)31-14-4-2-5-15-31)38-22-13-25-45-46(38)39-21-9-11-24-44(39)51-45/h2-30H,1H3. The third-order valence-electron chi connectivity index (χ3n) is 10.6. The predicted octanol–water partition coefficient (Wildman–Crippen LogP) is 12.8. The summed E-state index contributed by atoms with van der Waals surface area (Å²) in [5.41, 5.74) is 13.7. The van der Waals surface area contributed by atoms with Crippen molar-refractivity contribution in [2.24, 2.45) is 0 Å². The maximum Gasteiger partial charge on any atom is 0.160 e. The topological polar surface area (TPSA) is 25.8 Å². The quantitative estimate of drug-likeness (QED) is 0.182. The number of aromatic nitrogens is 2. The van der Waals surface area contributed by atoms with Crippen molar-refractivity contribution in [3.8, 4) is 56.2 Å². The molecule has 0 spiro atoms. The summed E-state index contributed by atoms with van der Waals surface area (Å²) in [6, 6.07) is 63.3. The number of nitrogens with zero attached hydrogens (tertiary/aromatic N) is 2. The number of benzene rings is 7. The minimum absolute atomic E-state index is 0.250.